The van der Waals surface area contributed by atoms with Gasteiger partial charge in [-0.3, -0.25) is 14.8 Å². The number of nitrogens with one attached hydrogen (secondary N) is 2. The van der Waals surface area contributed by atoms with Crippen LogP contribution >= 0.6 is 0 Å². The molecule has 4 rings (SSSR count). The number of amides is 3. The van der Waals surface area contributed by atoms with Gasteiger partial charge in [0.1, 0.15) is 11.6 Å². The molecule has 0 atom stereocenters. The Kier molecular flexibility index (Phi) is 6.13. The number of aryl methyl sites for hydroxylation is 2. The van der Waals surface area contributed by atoms with E-state index >= 15 is 0 Å². The largest absolute Gasteiger partial charge is 0.419 e. The Labute approximate surface area is 190 Å². The minimum Gasteiger partial charge on any atom is -0.378 e. The Morgan fingerprint density at radius 2 is 1.85 bits per heavy atom. The molecule has 0 saturated carbocycles. The number of halogens is 4. The summed E-state index contributed by atoms with van der Waals surface area (Å²) in [5.74, 6) is -1.96. The molecule has 3 amide bonds. The number of morpholine rings is 1. The van der Waals surface area contributed by atoms with E-state index in [0.717, 1.165) is 6.07 Å². The number of nitrogens with zero attached hydrogens (tertiary/aromatic N) is 4. The van der Waals surface area contributed by atoms with Gasteiger partial charge in [0.05, 0.1) is 30.0 Å². The first kappa shape index (κ1) is 23.4. The predicted octanol–water partition coefficient (Wildman–Crippen LogP) is 3.23. The molecule has 2 aromatic heterocycles. The van der Waals surface area contributed by atoms with Crippen molar-refractivity contribution in [3.8, 4) is 0 Å². The summed E-state index contributed by atoms with van der Waals surface area (Å²) in [5.41, 5.74) is -0.596. The molecule has 0 unspecified atom stereocenters. The van der Waals surface area contributed by atoms with E-state index < -0.39 is 29.5 Å². The number of carbonyl (C=O) groups is 2. The quantitative estimate of drug-likeness (QED) is 0.559. The van der Waals surface area contributed by atoms with Crippen LogP contribution in [0.2, 0.25) is 0 Å². The normalized spacial score (nSPS) is 14.4. The zero-order chi connectivity index (χ0) is 24.6. The standard InChI is InChI=1S/C21H20F4N6O3/c1-11-13-10-14(18(27-17(13)30(2)29-11)31-5-7-34-8-6-31)19(32)28-20(33)26-12-3-4-16(22)15(9-12)21(23,24)25/h3-4,9-10H,5-8H2,1-2H3,(H2,26,28,32,33). The van der Waals surface area contributed by atoms with Gasteiger partial charge in [0.15, 0.2) is 5.65 Å². The summed E-state index contributed by atoms with van der Waals surface area (Å²) in [5, 5.41) is 9.14. The van der Waals surface area contributed by atoms with E-state index in [1.807, 2.05) is 4.90 Å². The molecule has 0 spiro atoms. The summed E-state index contributed by atoms with van der Waals surface area (Å²) in [7, 11) is 1.72. The van der Waals surface area contributed by atoms with Crippen LogP contribution in [0, 0.1) is 12.7 Å². The minimum absolute atomic E-state index is 0.0933. The van der Waals surface area contributed by atoms with Gasteiger partial charge in [-0.1, -0.05) is 0 Å². The number of aromatic nitrogens is 3. The van der Waals surface area contributed by atoms with Gasteiger partial charge in [-0.15, -0.1) is 0 Å². The highest BCUT2D eigenvalue weighted by atomic mass is 19.4. The Balaban J connectivity index is 1.61. The van der Waals surface area contributed by atoms with Crippen molar-refractivity contribution in [2.75, 3.05) is 36.5 Å². The number of urea groups is 1. The summed E-state index contributed by atoms with van der Waals surface area (Å²) in [6, 6.07) is 2.48. The van der Waals surface area contributed by atoms with Gasteiger partial charge < -0.3 is 15.0 Å². The van der Waals surface area contributed by atoms with Gasteiger partial charge in [-0.2, -0.15) is 18.3 Å². The Morgan fingerprint density at radius 1 is 1.15 bits per heavy atom. The van der Waals surface area contributed by atoms with Crippen LogP contribution in [0.25, 0.3) is 11.0 Å². The number of ether oxygens (including phenoxy) is 1. The fourth-order valence-corrected chi connectivity index (χ4v) is 3.67. The summed E-state index contributed by atoms with van der Waals surface area (Å²) in [4.78, 5) is 31.8. The van der Waals surface area contributed by atoms with Crippen molar-refractivity contribution < 1.29 is 31.9 Å². The second-order valence-corrected chi connectivity index (χ2v) is 7.64. The summed E-state index contributed by atoms with van der Waals surface area (Å²) < 4.78 is 59.2. The van der Waals surface area contributed by atoms with Gasteiger partial charge in [0.2, 0.25) is 0 Å². The molecule has 13 heteroatoms. The fraction of sp³-hybridized carbons (Fsp3) is 0.333. The Hall–Kier alpha value is -3.74. The smallest absolute Gasteiger partial charge is 0.378 e. The first-order valence-corrected chi connectivity index (χ1v) is 10.2. The molecular weight excluding hydrogens is 460 g/mol. The molecule has 2 N–H and O–H groups in total. The maximum Gasteiger partial charge on any atom is 0.419 e. The third-order valence-electron chi connectivity index (χ3n) is 5.29. The number of hydrogen-bond acceptors (Lipinski definition) is 6. The number of anilines is 2. The van der Waals surface area contributed by atoms with Gasteiger partial charge in [-0.05, 0) is 31.2 Å². The molecule has 9 nitrogen and oxygen atoms in total. The average Bonchev–Trinajstić information content (AvgIpc) is 3.06. The SMILES string of the molecule is Cc1nn(C)c2nc(N3CCOCC3)c(C(=O)NC(=O)Nc3ccc(F)c(C(F)(F)F)c3)cc12. The van der Waals surface area contributed by atoms with Crippen molar-refractivity contribution >= 4 is 34.5 Å². The van der Waals surface area contributed by atoms with Gasteiger partial charge in [0.25, 0.3) is 5.91 Å². The molecule has 3 heterocycles. The highest BCUT2D eigenvalue weighted by Gasteiger charge is 2.34. The third kappa shape index (κ3) is 4.64. The van der Waals surface area contributed by atoms with Crippen LogP contribution in [-0.4, -0.2) is 53.0 Å². The molecule has 1 fully saturated rings. The van der Waals surface area contributed by atoms with Crippen molar-refractivity contribution in [3.63, 3.8) is 0 Å². The van der Waals surface area contributed by atoms with E-state index in [9.17, 15) is 27.2 Å². The van der Waals surface area contributed by atoms with E-state index in [1.54, 1.807) is 24.7 Å². The number of rotatable bonds is 3. The molecule has 1 aliphatic rings. The molecule has 0 aliphatic carbocycles. The molecule has 180 valence electrons. The fourth-order valence-electron chi connectivity index (χ4n) is 3.67. The summed E-state index contributed by atoms with van der Waals surface area (Å²) in [6.45, 7) is 3.55. The number of hydrogen-bond donors (Lipinski definition) is 2. The predicted molar refractivity (Wildman–Crippen MR) is 114 cm³/mol. The third-order valence-corrected chi connectivity index (χ3v) is 5.29. The lowest BCUT2D eigenvalue weighted by atomic mass is 10.1. The van der Waals surface area contributed by atoms with Crippen molar-refractivity contribution in [2.24, 2.45) is 7.05 Å². The molecule has 34 heavy (non-hydrogen) atoms. The highest BCUT2D eigenvalue weighted by molar-refractivity contribution is 6.11. The second-order valence-electron chi connectivity index (χ2n) is 7.64. The molecular formula is C21H20F4N6O3. The van der Waals surface area contributed by atoms with Crippen LogP contribution in [0.5, 0.6) is 0 Å². The van der Waals surface area contributed by atoms with Gasteiger partial charge in [-0.25, -0.2) is 14.2 Å². The second kappa shape index (κ2) is 8.89. The molecule has 0 radical (unpaired) electrons. The number of pyridine rings is 1. The summed E-state index contributed by atoms with van der Waals surface area (Å²) >= 11 is 0. The van der Waals surface area contributed by atoms with E-state index in [2.05, 4.69) is 20.7 Å². The lowest BCUT2D eigenvalue weighted by molar-refractivity contribution is -0.139. The van der Waals surface area contributed by atoms with Crippen molar-refractivity contribution in [2.45, 2.75) is 13.1 Å². The Morgan fingerprint density at radius 3 is 2.53 bits per heavy atom. The van der Waals surface area contributed by atoms with Crippen LogP contribution in [0.3, 0.4) is 0 Å². The van der Waals surface area contributed by atoms with Crippen LogP contribution in [0.1, 0.15) is 21.6 Å². The number of carbonyl (C=O) groups excluding carboxylic acids is 2. The maximum atomic E-state index is 13.5. The lowest BCUT2D eigenvalue weighted by Crippen LogP contribution is -2.40. The van der Waals surface area contributed by atoms with E-state index in [-0.39, 0.29) is 11.3 Å². The number of imide groups is 1. The molecule has 3 aromatic rings. The average molecular weight is 480 g/mol. The van der Waals surface area contributed by atoms with Crippen LogP contribution < -0.4 is 15.5 Å². The van der Waals surface area contributed by atoms with Crippen LogP contribution in [0.4, 0.5) is 33.9 Å². The van der Waals surface area contributed by atoms with Crippen LogP contribution in [0.15, 0.2) is 24.3 Å². The lowest BCUT2D eigenvalue weighted by Gasteiger charge is -2.29. The van der Waals surface area contributed by atoms with Crippen LogP contribution in [-0.2, 0) is 18.0 Å². The number of alkyl halides is 3. The zero-order valence-corrected chi connectivity index (χ0v) is 18.2. The summed E-state index contributed by atoms with van der Waals surface area (Å²) in [6.07, 6.45) is -4.94. The minimum atomic E-state index is -4.94. The maximum absolute atomic E-state index is 13.5. The molecule has 1 saturated heterocycles. The van der Waals surface area contributed by atoms with Crippen molar-refractivity contribution in [1.29, 1.82) is 0 Å². The highest BCUT2D eigenvalue weighted by Crippen LogP contribution is 2.33. The monoisotopic (exact) mass is 480 g/mol. The molecule has 0 bridgehead atoms. The Bertz CT molecular complexity index is 1270. The van der Waals surface area contributed by atoms with Crippen molar-refractivity contribution in [1.82, 2.24) is 20.1 Å². The molecule has 1 aromatic carbocycles. The first-order chi connectivity index (χ1) is 16.0. The molecule has 1 aliphatic heterocycles. The van der Waals surface area contributed by atoms with E-state index in [0.29, 0.717) is 61.0 Å². The zero-order valence-electron chi connectivity index (χ0n) is 18.2. The first-order valence-electron chi connectivity index (χ1n) is 10.2. The van der Waals surface area contributed by atoms with E-state index in [1.165, 1.54) is 0 Å². The number of fused-ring (bicyclic) bond motifs is 1. The van der Waals surface area contributed by atoms with Gasteiger partial charge >= 0.3 is 12.2 Å². The topological polar surface area (TPSA) is 101 Å². The van der Waals surface area contributed by atoms with Gasteiger partial charge in [0, 0.05) is 31.2 Å². The van der Waals surface area contributed by atoms with E-state index in [4.69, 9.17) is 4.74 Å². The van der Waals surface area contributed by atoms with Crippen molar-refractivity contribution in [3.05, 3.63) is 46.9 Å². The number of benzene rings is 1.